The number of nitrogens with zero attached hydrogens (tertiary/aromatic N) is 1. The van der Waals surface area contributed by atoms with E-state index >= 15 is 0 Å². The van der Waals surface area contributed by atoms with Gasteiger partial charge in [-0.15, -0.1) is 0 Å². The minimum Gasteiger partial charge on any atom is -0.352 e. The first-order chi connectivity index (χ1) is 9.97. The molecule has 1 aromatic rings. The number of nitrogens with two attached hydrogens (primary N) is 1. The fourth-order valence-electron chi connectivity index (χ4n) is 2.54. The van der Waals surface area contributed by atoms with Crippen molar-refractivity contribution < 1.29 is 18.4 Å². The van der Waals surface area contributed by atoms with Gasteiger partial charge in [-0.05, 0) is 31.4 Å². The second-order valence-corrected chi connectivity index (χ2v) is 5.05. The Morgan fingerprint density at radius 2 is 1.90 bits per heavy atom. The van der Waals surface area contributed by atoms with Gasteiger partial charge in [0.15, 0.2) is 0 Å². The minimum absolute atomic E-state index is 0.0292. The summed E-state index contributed by atoms with van der Waals surface area (Å²) < 4.78 is 26.4. The Morgan fingerprint density at radius 1 is 1.24 bits per heavy atom. The third-order valence-corrected chi connectivity index (χ3v) is 3.51. The highest BCUT2D eigenvalue weighted by molar-refractivity contribution is 5.94. The van der Waals surface area contributed by atoms with Crippen LogP contribution < -0.4 is 11.1 Å². The van der Waals surface area contributed by atoms with Crippen LogP contribution in [0.15, 0.2) is 18.2 Å². The third kappa shape index (κ3) is 3.90. The van der Waals surface area contributed by atoms with Crippen LogP contribution in [0.2, 0.25) is 0 Å². The zero-order valence-corrected chi connectivity index (χ0v) is 11.4. The number of rotatable bonds is 3. The number of likely N-dealkylation sites (tertiary alicyclic amines) is 1. The van der Waals surface area contributed by atoms with Crippen LogP contribution in [0.5, 0.6) is 0 Å². The quantitative estimate of drug-likeness (QED) is 0.889. The number of hydrogen-bond acceptors (Lipinski definition) is 2. The Balaban J connectivity index is 2.15. The summed E-state index contributed by atoms with van der Waals surface area (Å²) in [5.74, 6) is -2.02. The average Bonchev–Trinajstić information content (AvgIpc) is 2.43. The van der Waals surface area contributed by atoms with E-state index in [1.54, 1.807) is 0 Å². The monoisotopic (exact) mass is 297 g/mol. The zero-order valence-electron chi connectivity index (χ0n) is 11.4. The van der Waals surface area contributed by atoms with Gasteiger partial charge in [0.2, 0.25) is 0 Å². The first-order valence-electron chi connectivity index (χ1n) is 6.78. The van der Waals surface area contributed by atoms with Crippen molar-refractivity contribution in [2.45, 2.75) is 25.3 Å². The van der Waals surface area contributed by atoms with Crippen molar-refractivity contribution in [3.05, 3.63) is 35.4 Å². The number of carbonyl (C=O) groups is 2. The maximum Gasteiger partial charge on any atom is 0.312 e. The molecule has 0 radical (unpaired) electrons. The van der Waals surface area contributed by atoms with E-state index < -0.39 is 23.6 Å². The topological polar surface area (TPSA) is 75.4 Å². The summed E-state index contributed by atoms with van der Waals surface area (Å²) in [5.41, 5.74) is 5.00. The number of primary amides is 1. The summed E-state index contributed by atoms with van der Waals surface area (Å²) in [6, 6.07) is 1.87. The van der Waals surface area contributed by atoms with Gasteiger partial charge >= 0.3 is 6.03 Å². The molecule has 0 spiro atoms. The highest BCUT2D eigenvalue weighted by atomic mass is 19.1. The smallest absolute Gasteiger partial charge is 0.312 e. The third-order valence-electron chi connectivity index (χ3n) is 3.51. The second kappa shape index (κ2) is 6.51. The number of amides is 3. The van der Waals surface area contributed by atoms with Crippen LogP contribution in [0.4, 0.5) is 13.6 Å². The van der Waals surface area contributed by atoms with Crippen molar-refractivity contribution in [3.63, 3.8) is 0 Å². The van der Waals surface area contributed by atoms with E-state index in [0.29, 0.717) is 13.0 Å². The van der Waals surface area contributed by atoms with Gasteiger partial charge in [0, 0.05) is 30.8 Å². The van der Waals surface area contributed by atoms with Crippen LogP contribution >= 0.6 is 0 Å². The Bertz CT molecular complexity index is 531. The molecule has 7 heteroatoms. The molecule has 1 aliphatic rings. The highest BCUT2D eigenvalue weighted by Gasteiger charge is 2.28. The molecule has 1 saturated heterocycles. The molecule has 1 fully saturated rings. The van der Waals surface area contributed by atoms with Gasteiger partial charge in [0.25, 0.3) is 5.91 Å². The first kappa shape index (κ1) is 15.2. The predicted octanol–water partition coefficient (Wildman–Crippen LogP) is 1.63. The Kier molecular flexibility index (Phi) is 4.72. The van der Waals surface area contributed by atoms with Crippen molar-refractivity contribution in [3.8, 4) is 0 Å². The number of halogens is 2. The average molecular weight is 297 g/mol. The fourth-order valence-corrected chi connectivity index (χ4v) is 2.54. The Labute approximate surface area is 121 Å². The van der Waals surface area contributed by atoms with Crippen LogP contribution in [-0.4, -0.2) is 36.0 Å². The van der Waals surface area contributed by atoms with Crippen molar-refractivity contribution in [1.29, 1.82) is 0 Å². The molecule has 2 rings (SSSR count). The van der Waals surface area contributed by atoms with E-state index in [-0.39, 0.29) is 18.2 Å². The van der Waals surface area contributed by atoms with Crippen molar-refractivity contribution >= 4 is 11.9 Å². The molecule has 0 saturated carbocycles. The molecule has 3 N–H and O–H groups in total. The second-order valence-electron chi connectivity index (χ2n) is 5.05. The van der Waals surface area contributed by atoms with Crippen LogP contribution in [-0.2, 0) is 0 Å². The van der Waals surface area contributed by atoms with Crippen molar-refractivity contribution in [2.24, 2.45) is 5.73 Å². The summed E-state index contributed by atoms with van der Waals surface area (Å²) in [7, 11) is 0. The Hall–Kier alpha value is -2.18. The van der Waals surface area contributed by atoms with E-state index in [1.807, 2.05) is 0 Å². The van der Waals surface area contributed by atoms with Crippen LogP contribution in [0.1, 0.15) is 29.6 Å². The molecule has 0 aliphatic carbocycles. The fraction of sp³-hybridized carbons (Fsp3) is 0.429. The van der Waals surface area contributed by atoms with Gasteiger partial charge in [-0.25, -0.2) is 13.6 Å². The van der Waals surface area contributed by atoms with E-state index in [0.717, 1.165) is 31.0 Å². The largest absolute Gasteiger partial charge is 0.352 e. The van der Waals surface area contributed by atoms with Gasteiger partial charge in [-0.2, -0.15) is 0 Å². The summed E-state index contributed by atoms with van der Waals surface area (Å²) in [5, 5.41) is 2.47. The molecule has 1 aromatic carbocycles. The molecule has 3 amide bonds. The molecule has 1 atom stereocenters. The summed E-state index contributed by atoms with van der Waals surface area (Å²) >= 11 is 0. The number of carbonyl (C=O) groups excluding carboxylic acids is 2. The van der Waals surface area contributed by atoms with E-state index in [4.69, 9.17) is 5.73 Å². The standard InChI is InChI=1S/C14H17F2N3O2/c15-10-5-9(6-11(16)7-10)13(20)19-4-2-1-3-12(19)8-18-14(17)21/h5-7,12H,1-4,8H2,(H3,17,18,21)/t12-/m0/s1. The van der Waals surface area contributed by atoms with E-state index in [2.05, 4.69) is 5.32 Å². The van der Waals surface area contributed by atoms with Gasteiger partial charge < -0.3 is 16.0 Å². The summed E-state index contributed by atoms with van der Waals surface area (Å²) in [6.07, 6.45) is 2.45. The van der Waals surface area contributed by atoms with E-state index in [9.17, 15) is 18.4 Å². The van der Waals surface area contributed by atoms with Crippen LogP contribution in [0, 0.1) is 11.6 Å². The number of urea groups is 1. The molecule has 21 heavy (non-hydrogen) atoms. The lowest BCUT2D eigenvalue weighted by Crippen LogP contribution is -2.50. The molecule has 114 valence electrons. The molecule has 1 heterocycles. The normalized spacial score (nSPS) is 18.4. The SMILES string of the molecule is NC(=O)NC[C@@H]1CCCCN1C(=O)c1cc(F)cc(F)c1. The summed E-state index contributed by atoms with van der Waals surface area (Å²) in [4.78, 5) is 24.7. The molecule has 0 aromatic heterocycles. The minimum atomic E-state index is -0.790. The summed E-state index contributed by atoms with van der Waals surface area (Å²) in [6.45, 7) is 0.723. The van der Waals surface area contributed by atoms with Crippen molar-refractivity contribution in [1.82, 2.24) is 10.2 Å². The van der Waals surface area contributed by atoms with E-state index in [1.165, 1.54) is 4.90 Å². The van der Waals surface area contributed by atoms with Gasteiger partial charge in [0.1, 0.15) is 11.6 Å². The number of hydrogen-bond donors (Lipinski definition) is 2. The maximum atomic E-state index is 13.2. The lowest BCUT2D eigenvalue weighted by molar-refractivity contribution is 0.0614. The maximum absolute atomic E-state index is 13.2. The molecule has 1 aliphatic heterocycles. The molecule has 5 nitrogen and oxygen atoms in total. The predicted molar refractivity (Wildman–Crippen MR) is 72.6 cm³/mol. The number of piperidine rings is 1. The van der Waals surface area contributed by atoms with Gasteiger partial charge in [0.05, 0.1) is 0 Å². The molecule has 0 unspecified atom stereocenters. The number of benzene rings is 1. The zero-order chi connectivity index (χ0) is 15.4. The first-order valence-corrected chi connectivity index (χ1v) is 6.78. The lowest BCUT2D eigenvalue weighted by atomic mass is 10.0. The molecular weight excluding hydrogens is 280 g/mol. The molecule has 0 bridgehead atoms. The van der Waals surface area contributed by atoms with Crippen LogP contribution in [0.3, 0.4) is 0 Å². The highest BCUT2D eigenvalue weighted by Crippen LogP contribution is 2.20. The Morgan fingerprint density at radius 3 is 2.52 bits per heavy atom. The number of nitrogens with one attached hydrogen (secondary N) is 1. The van der Waals surface area contributed by atoms with Gasteiger partial charge in [-0.1, -0.05) is 0 Å². The lowest BCUT2D eigenvalue weighted by Gasteiger charge is -2.35. The molecular formula is C14H17F2N3O2. The van der Waals surface area contributed by atoms with Crippen LogP contribution in [0.25, 0.3) is 0 Å². The van der Waals surface area contributed by atoms with Gasteiger partial charge in [-0.3, -0.25) is 4.79 Å². The van der Waals surface area contributed by atoms with Crippen molar-refractivity contribution in [2.75, 3.05) is 13.1 Å².